The molecule has 0 radical (unpaired) electrons. The Bertz CT molecular complexity index is 991. The van der Waals surface area contributed by atoms with E-state index in [0.717, 1.165) is 28.3 Å². The number of hydrogen-bond donors (Lipinski definition) is 1. The number of furan rings is 1. The molecule has 0 aliphatic carbocycles. The van der Waals surface area contributed by atoms with Crippen LogP contribution < -0.4 is 10.2 Å². The quantitative estimate of drug-likeness (QED) is 0.477. The van der Waals surface area contributed by atoms with Crippen LogP contribution in [-0.2, 0) is 11.3 Å². The van der Waals surface area contributed by atoms with E-state index in [-0.39, 0.29) is 12.5 Å². The summed E-state index contributed by atoms with van der Waals surface area (Å²) >= 11 is 5.97. The summed E-state index contributed by atoms with van der Waals surface area (Å²) in [6.45, 7) is 6.43. The van der Waals surface area contributed by atoms with Gasteiger partial charge in [-0.2, -0.15) is 5.10 Å². The van der Waals surface area contributed by atoms with Crippen molar-refractivity contribution < 1.29 is 13.9 Å². The summed E-state index contributed by atoms with van der Waals surface area (Å²) in [5.41, 5.74) is 6.43. The lowest BCUT2D eigenvalue weighted by atomic mass is 10.2. The molecule has 0 atom stereocenters. The third-order valence-electron chi connectivity index (χ3n) is 4.40. The van der Waals surface area contributed by atoms with Gasteiger partial charge < -0.3 is 13.7 Å². The van der Waals surface area contributed by atoms with E-state index >= 15 is 0 Å². The fourth-order valence-corrected chi connectivity index (χ4v) is 2.94. The Morgan fingerprint density at radius 1 is 1.29 bits per heavy atom. The second-order valence-electron chi connectivity index (χ2n) is 6.48. The zero-order valence-corrected chi connectivity index (χ0v) is 16.8. The van der Waals surface area contributed by atoms with E-state index in [2.05, 4.69) is 15.1 Å². The van der Waals surface area contributed by atoms with Crippen molar-refractivity contribution in [2.24, 2.45) is 5.10 Å². The van der Waals surface area contributed by atoms with Gasteiger partial charge in [0.15, 0.2) is 6.61 Å². The van der Waals surface area contributed by atoms with Gasteiger partial charge in [-0.3, -0.25) is 4.79 Å². The van der Waals surface area contributed by atoms with Gasteiger partial charge in [-0.1, -0.05) is 11.6 Å². The van der Waals surface area contributed by atoms with Gasteiger partial charge in [0.25, 0.3) is 5.91 Å². The molecule has 3 rings (SSSR count). The highest BCUT2D eigenvalue weighted by molar-refractivity contribution is 6.31. The second-order valence-corrected chi connectivity index (χ2v) is 6.89. The number of carbonyl (C=O) groups excluding carboxylic acids is 1. The number of aryl methyl sites for hydroxylation is 2. The minimum atomic E-state index is -0.340. The molecule has 0 bridgehead atoms. The SMILES string of the molecule is Cc1cc(OCC(=O)N/N=C\c2cc(C)n(Cc3ccco3)c2C)ccc1Cl. The van der Waals surface area contributed by atoms with Gasteiger partial charge in [0.05, 0.1) is 19.0 Å². The third-order valence-corrected chi connectivity index (χ3v) is 4.82. The predicted molar refractivity (Wildman–Crippen MR) is 109 cm³/mol. The molecule has 0 fully saturated rings. The average Bonchev–Trinajstić information content (AvgIpc) is 3.27. The fourth-order valence-electron chi connectivity index (χ4n) is 2.82. The first kappa shape index (κ1) is 19.8. The number of rotatable bonds is 7. The Labute approximate surface area is 168 Å². The molecule has 0 aliphatic rings. The van der Waals surface area contributed by atoms with E-state index < -0.39 is 0 Å². The molecule has 2 heterocycles. The number of halogens is 1. The molecular formula is C21H22ClN3O3. The summed E-state index contributed by atoms with van der Waals surface area (Å²) in [4.78, 5) is 11.9. The van der Waals surface area contributed by atoms with Crippen molar-refractivity contribution in [3.8, 4) is 5.75 Å². The van der Waals surface area contributed by atoms with Crippen molar-refractivity contribution in [3.63, 3.8) is 0 Å². The molecule has 2 aromatic heterocycles. The maximum atomic E-state index is 11.9. The molecule has 1 N–H and O–H groups in total. The Hall–Kier alpha value is -2.99. The topological polar surface area (TPSA) is 68.8 Å². The van der Waals surface area contributed by atoms with Gasteiger partial charge in [0.1, 0.15) is 11.5 Å². The van der Waals surface area contributed by atoms with Gasteiger partial charge in [-0.15, -0.1) is 0 Å². The molecule has 0 saturated carbocycles. The Morgan fingerprint density at radius 3 is 2.82 bits per heavy atom. The number of carbonyl (C=O) groups is 1. The second kappa shape index (κ2) is 8.80. The minimum Gasteiger partial charge on any atom is -0.484 e. The van der Waals surface area contributed by atoms with E-state index in [9.17, 15) is 4.79 Å². The van der Waals surface area contributed by atoms with Crippen LogP contribution in [0.4, 0.5) is 0 Å². The van der Waals surface area contributed by atoms with Crippen LogP contribution >= 0.6 is 11.6 Å². The minimum absolute atomic E-state index is 0.129. The summed E-state index contributed by atoms with van der Waals surface area (Å²) in [6, 6.07) is 11.1. The first-order valence-corrected chi connectivity index (χ1v) is 9.22. The van der Waals surface area contributed by atoms with Crippen LogP contribution in [0.15, 0.2) is 52.2 Å². The number of amides is 1. The molecule has 28 heavy (non-hydrogen) atoms. The summed E-state index contributed by atoms with van der Waals surface area (Å²) in [7, 11) is 0. The maximum absolute atomic E-state index is 11.9. The number of ether oxygens (including phenoxy) is 1. The molecule has 7 heteroatoms. The molecular weight excluding hydrogens is 378 g/mol. The summed E-state index contributed by atoms with van der Waals surface area (Å²) in [5, 5.41) is 4.69. The van der Waals surface area contributed by atoms with E-state index in [1.165, 1.54) is 0 Å². The lowest BCUT2D eigenvalue weighted by Gasteiger charge is -2.07. The number of hydrogen-bond acceptors (Lipinski definition) is 4. The van der Waals surface area contributed by atoms with Crippen LogP contribution in [0, 0.1) is 20.8 Å². The van der Waals surface area contributed by atoms with Gasteiger partial charge in [0.2, 0.25) is 0 Å². The average molecular weight is 400 g/mol. The number of aromatic nitrogens is 1. The van der Waals surface area contributed by atoms with Crippen molar-refractivity contribution in [1.82, 2.24) is 9.99 Å². The van der Waals surface area contributed by atoms with E-state index in [0.29, 0.717) is 17.3 Å². The van der Waals surface area contributed by atoms with Crippen molar-refractivity contribution in [1.29, 1.82) is 0 Å². The summed E-state index contributed by atoms with van der Waals surface area (Å²) in [5.74, 6) is 1.13. The van der Waals surface area contributed by atoms with Gasteiger partial charge in [0, 0.05) is 22.0 Å². The fraction of sp³-hybridized carbons (Fsp3) is 0.238. The zero-order valence-electron chi connectivity index (χ0n) is 16.0. The molecule has 0 aliphatic heterocycles. The number of benzene rings is 1. The van der Waals surface area contributed by atoms with Crippen molar-refractivity contribution in [2.45, 2.75) is 27.3 Å². The molecule has 0 spiro atoms. The predicted octanol–water partition coefficient (Wildman–Crippen LogP) is 4.24. The van der Waals surface area contributed by atoms with Gasteiger partial charge >= 0.3 is 0 Å². The Balaban J connectivity index is 1.55. The van der Waals surface area contributed by atoms with Crippen LogP contribution in [0.5, 0.6) is 5.75 Å². The third kappa shape index (κ3) is 4.84. The number of nitrogens with zero attached hydrogens (tertiary/aromatic N) is 2. The van der Waals surface area contributed by atoms with Crippen LogP contribution in [0.25, 0.3) is 0 Å². The highest BCUT2D eigenvalue weighted by atomic mass is 35.5. The highest BCUT2D eigenvalue weighted by Crippen LogP contribution is 2.21. The van der Waals surface area contributed by atoms with E-state index in [4.69, 9.17) is 20.8 Å². The van der Waals surface area contributed by atoms with Crippen molar-refractivity contribution in [2.75, 3.05) is 6.61 Å². The standard InChI is InChI=1S/C21H22ClN3O3/c1-14-9-18(6-7-20(14)22)28-13-21(26)24-23-11-17-10-15(2)25(16(17)3)12-19-5-4-8-27-19/h4-11H,12-13H2,1-3H3,(H,24,26)/b23-11-. The van der Waals surface area contributed by atoms with E-state index in [1.807, 2.05) is 39.0 Å². The normalized spacial score (nSPS) is 11.1. The number of hydrazone groups is 1. The largest absolute Gasteiger partial charge is 0.484 e. The van der Waals surface area contributed by atoms with Crippen molar-refractivity contribution in [3.05, 3.63) is 76.0 Å². The monoisotopic (exact) mass is 399 g/mol. The molecule has 146 valence electrons. The molecule has 1 aromatic carbocycles. The van der Waals surface area contributed by atoms with Crippen molar-refractivity contribution >= 4 is 23.7 Å². The molecule has 1 amide bonds. The Morgan fingerprint density at radius 2 is 2.11 bits per heavy atom. The van der Waals surface area contributed by atoms with E-state index in [1.54, 1.807) is 30.7 Å². The van der Waals surface area contributed by atoms with Gasteiger partial charge in [-0.05, 0) is 62.7 Å². The smallest absolute Gasteiger partial charge is 0.277 e. The van der Waals surface area contributed by atoms with Crippen LogP contribution in [-0.4, -0.2) is 23.3 Å². The summed E-state index contributed by atoms with van der Waals surface area (Å²) in [6.07, 6.45) is 3.29. The summed E-state index contributed by atoms with van der Waals surface area (Å²) < 4.78 is 13.0. The van der Waals surface area contributed by atoms with Gasteiger partial charge in [-0.25, -0.2) is 5.43 Å². The van der Waals surface area contributed by atoms with Crippen LogP contribution in [0.3, 0.4) is 0 Å². The molecule has 3 aromatic rings. The highest BCUT2D eigenvalue weighted by Gasteiger charge is 2.09. The lowest BCUT2D eigenvalue weighted by molar-refractivity contribution is -0.123. The lowest BCUT2D eigenvalue weighted by Crippen LogP contribution is -2.24. The number of nitrogens with one attached hydrogen (secondary N) is 1. The first-order valence-electron chi connectivity index (χ1n) is 8.84. The Kier molecular flexibility index (Phi) is 6.21. The molecule has 0 unspecified atom stereocenters. The maximum Gasteiger partial charge on any atom is 0.277 e. The van der Waals surface area contributed by atoms with Crippen LogP contribution in [0.1, 0.15) is 28.3 Å². The molecule has 0 saturated heterocycles. The van der Waals surface area contributed by atoms with Crippen LogP contribution in [0.2, 0.25) is 5.02 Å². The molecule has 6 nitrogen and oxygen atoms in total. The zero-order chi connectivity index (χ0) is 20.1. The first-order chi connectivity index (χ1) is 13.4.